The second kappa shape index (κ2) is 4.04. The molecule has 78 valence electrons. The molecule has 0 aromatic carbocycles. The largest absolute Gasteiger partial charge is 0.292 e. The third kappa shape index (κ3) is 1.77. The Labute approximate surface area is 85.2 Å². The van der Waals surface area contributed by atoms with Gasteiger partial charge in [-0.2, -0.15) is 0 Å². The number of imide groups is 1. The molecule has 2 atom stereocenters. The molecule has 0 aromatic heterocycles. The van der Waals surface area contributed by atoms with Crippen molar-refractivity contribution in [2.75, 3.05) is 5.75 Å². The minimum atomic E-state index is -1.15. The minimum absolute atomic E-state index is 0.308. The number of carbonyl (C=O) groups excluding carboxylic acids is 2. The number of rotatable bonds is 2. The first-order valence-electron chi connectivity index (χ1n) is 4.43. The van der Waals surface area contributed by atoms with Crippen LogP contribution in [0.5, 0.6) is 0 Å². The summed E-state index contributed by atoms with van der Waals surface area (Å²) in [7, 11) is -1.15. The smallest absolute Gasteiger partial charge is 0.255 e. The van der Waals surface area contributed by atoms with Gasteiger partial charge >= 0.3 is 0 Å². The van der Waals surface area contributed by atoms with Gasteiger partial charge in [-0.3, -0.25) is 19.1 Å². The van der Waals surface area contributed by atoms with E-state index >= 15 is 0 Å². The Morgan fingerprint density at radius 1 is 1.50 bits per heavy atom. The zero-order valence-corrected chi connectivity index (χ0v) is 9.23. The van der Waals surface area contributed by atoms with E-state index in [0.29, 0.717) is 16.2 Å². The van der Waals surface area contributed by atoms with Gasteiger partial charge in [-0.1, -0.05) is 6.92 Å². The molecule has 0 aliphatic carbocycles. The Kier molecular flexibility index (Phi) is 3.21. The van der Waals surface area contributed by atoms with Gasteiger partial charge in [-0.15, -0.1) is 0 Å². The molecule has 0 aromatic rings. The van der Waals surface area contributed by atoms with Crippen molar-refractivity contribution >= 4 is 22.6 Å². The predicted octanol–water partition coefficient (Wildman–Crippen LogP) is 0.321. The van der Waals surface area contributed by atoms with Crippen LogP contribution in [0.15, 0.2) is 10.5 Å². The van der Waals surface area contributed by atoms with Crippen molar-refractivity contribution in [3.63, 3.8) is 0 Å². The lowest BCUT2D eigenvalue weighted by Gasteiger charge is -2.05. The zero-order chi connectivity index (χ0) is 10.9. The summed E-state index contributed by atoms with van der Waals surface area (Å²) in [6.07, 6.45) is 0. The van der Waals surface area contributed by atoms with Gasteiger partial charge in [0.2, 0.25) is 5.91 Å². The number of amides is 2. The molecule has 0 bridgehead atoms. The lowest BCUT2D eigenvalue weighted by Crippen LogP contribution is -2.21. The molecule has 4 nitrogen and oxygen atoms in total. The topological polar surface area (TPSA) is 63.2 Å². The fourth-order valence-electron chi connectivity index (χ4n) is 1.42. The Morgan fingerprint density at radius 2 is 2.07 bits per heavy atom. The van der Waals surface area contributed by atoms with Crippen LogP contribution in [0.25, 0.3) is 0 Å². The van der Waals surface area contributed by atoms with E-state index in [1.165, 1.54) is 0 Å². The van der Waals surface area contributed by atoms with Crippen molar-refractivity contribution in [1.29, 1.82) is 0 Å². The van der Waals surface area contributed by atoms with Crippen LogP contribution < -0.4 is 5.32 Å². The molecule has 2 unspecified atom stereocenters. The molecule has 1 N–H and O–H groups in total. The quantitative estimate of drug-likeness (QED) is 0.533. The highest BCUT2D eigenvalue weighted by Gasteiger charge is 2.34. The maximum absolute atomic E-state index is 11.5. The molecule has 14 heavy (non-hydrogen) atoms. The SMILES string of the molecule is CCS(=O)/C(C)=C1/C(=O)NC(=O)C1C. The summed E-state index contributed by atoms with van der Waals surface area (Å²) < 4.78 is 11.5. The molecular weight excluding hydrogens is 202 g/mol. The van der Waals surface area contributed by atoms with E-state index in [1.807, 2.05) is 0 Å². The third-order valence-corrected chi connectivity index (χ3v) is 3.72. The monoisotopic (exact) mass is 215 g/mol. The summed E-state index contributed by atoms with van der Waals surface area (Å²) in [4.78, 5) is 23.0. The van der Waals surface area contributed by atoms with E-state index in [1.54, 1.807) is 20.8 Å². The number of allylic oxidation sites excluding steroid dienone is 1. The second-order valence-electron chi connectivity index (χ2n) is 3.14. The van der Waals surface area contributed by atoms with Gasteiger partial charge in [-0.25, -0.2) is 0 Å². The molecule has 1 fully saturated rings. The van der Waals surface area contributed by atoms with E-state index < -0.39 is 22.6 Å². The predicted molar refractivity (Wildman–Crippen MR) is 53.7 cm³/mol. The van der Waals surface area contributed by atoms with E-state index in [9.17, 15) is 13.8 Å². The molecule has 2 amide bonds. The lowest BCUT2D eigenvalue weighted by molar-refractivity contribution is -0.125. The molecular formula is C9H13NO3S. The Morgan fingerprint density at radius 3 is 2.43 bits per heavy atom. The average molecular weight is 215 g/mol. The van der Waals surface area contributed by atoms with E-state index in [-0.39, 0.29) is 5.91 Å². The highest BCUT2D eigenvalue weighted by molar-refractivity contribution is 7.88. The normalized spacial score (nSPS) is 27.5. The molecule has 1 heterocycles. The summed E-state index contributed by atoms with van der Waals surface area (Å²) in [6.45, 7) is 5.06. The van der Waals surface area contributed by atoms with Gasteiger partial charge in [0.1, 0.15) is 0 Å². The maximum atomic E-state index is 11.5. The summed E-state index contributed by atoms with van der Waals surface area (Å²) in [5.41, 5.74) is 0.371. The van der Waals surface area contributed by atoms with Crippen LogP contribution in [-0.4, -0.2) is 21.8 Å². The Hall–Kier alpha value is -0.970. The van der Waals surface area contributed by atoms with Crippen LogP contribution in [-0.2, 0) is 20.4 Å². The van der Waals surface area contributed by atoms with Gasteiger partial charge in [0.15, 0.2) is 0 Å². The number of carbonyl (C=O) groups is 2. The Bertz CT molecular complexity index is 346. The molecule has 0 saturated carbocycles. The molecule has 0 spiro atoms. The summed E-state index contributed by atoms with van der Waals surface area (Å²) in [6, 6.07) is 0. The van der Waals surface area contributed by atoms with Crippen molar-refractivity contribution in [3.05, 3.63) is 10.5 Å². The molecule has 1 rings (SSSR count). The maximum Gasteiger partial charge on any atom is 0.255 e. The standard InChI is InChI=1S/C9H13NO3S/c1-4-14(13)6(3)7-5(2)8(11)10-9(7)12/h5H,4H2,1-3H3,(H,10,11,12)/b7-6+. The fraction of sp³-hybridized carbons (Fsp3) is 0.556. The van der Waals surface area contributed by atoms with Gasteiger partial charge in [-0.05, 0) is 13.8 Å². The number of hydrogen-bond donors (Lipinski definition) is 1. The van der Waals surface area contributed by atoms with E-state index in [0.717, 1.165) is 0 Å². The van der Waals surface area contributed by atoms with Gasteiger partial charge in [0, 0.05) is 27.0 Å². The minimum Gasteiger partial charge on any atom is -0.292 e. The van der Waals surface area contributed by atoms with Crippen molar-refractivity contribution in [2.24, 2.45) is 5.92 Å². The number of hydrogen-bond acceptors (Lipinski definition) is 3. The third-order valence-electron chi connectivity index (χ3n) is 2.29. The molecule has 5 heteroatoms. The van der Waals surface area contributed by atoms with Crippen LogP contribution in [0.2, 0.25) is 0 Å². The first-order valence-corrected chi connectivity index (χ1v) is 5.75. The van der Waals surface area contributed by atoms with Gasteiger partial charge in [0.05, 0.1) is 5.92 Å². The van der Waals surface area contributed by atoms with Crippen LogP contribution in [0.1, 0.15) is 20.8 Å². The molecule has 1 aliphatic rings. The molecule has 0 radical (unpaired) electrons. The highest BCUT2D eigenvalue weighted by atomic mass is 32.2. The van der Waals surface area contributed by atoms with Crippen molar-refractivity contribution in [3.8, 4) is 0 Å². The molecule has 1 aliphatic heterocycles. The van der Waals surface area contributed by atoms with E-state index in [2.05, 4.69) is 5.32 Å². The number of nitrogens with one attached hydrogen (secondary N) is 1. The van der Waals surface area contributed by atoms with Crippen molar-refractivity contribution in [1.82, 2.24) is 5.32 Å². The summed E-state index contributed by atoms with van der Waals surface area (Å²) in [5, 5.41) is 2.21. The van der Waals surface area contributed by atoms with Gasteiger partial charge in [0.25, 0.3) is 5.91 Å². The first kappa shape index (κ1) is 11.1. The van der Waals surface area contributed by atoms with Crippen molar-refractivity contribution < 1.29 is 13.8 Å². The highest BCUT2D eigenvalue weighted by Crippen LogP contribution is 2.23. The average Bonchev–Trinajstić information content (AvgIpc) is 2.39. The van der Waals surface area contributed by atoms with E-state index in [4.69, 9.17) is 0 Å². The van der Waals surface area contributed by atoms with Crippen LogP contribution in [0.3, 0.4) is 0 Å². The van der Waals surface area contributed by atoms with Crippen LogP contribution in [0.4, 0.5) is 0 Å². The summed E-state index contributed by atoms with van der Waals surface area (Å²) >= 11 is 0. The second-order valence-corrected chi connectivity index (χ2v) is 5.02. The zero-order valence-electron chi connectivity index (χ0n) is 8.42. The van der Waals surface area contributed by atoms with Gasteiger partial charge < -0.3 is 0 Å². The Balaban J connectivity index is 3.13. The fourth-order valence-corrected chi connectivity index (χ4v) is 2.37. The summed E-state index contributed by atoms with van der Waals surface area (Å²) in [5.74, 6) is -0.721. The van der Waals surface area contributed by atoms with Crippen LogP contribution >= 0.6 is 0 Å². The van der Waals surface area contributed by atoms with Crippen molar-refractivity contribution in [2.45, 2.75) is 20.8 Å². The van der Waals surface area contributed by atoms with Crippen LogP contribution in [0, 0.1) is 5.92 Å². The first-order chi connectivity index (χ1) is 6.49. The lowest BCUT2D eigenvalue weighted by atomic mass is 10.0. The molecule has 1 saturated heterocycles.